The molecule has 10 heteroatoms. The van der Waals surface area contributed by atoms with E-state index in [1.165, 1.54) is 7.11 Å². The first kappa shape index (κ1) is 30.9. The second kappa shape index (κ2) is 13.7. The third-order valence-electron chi connectivity index (χ3n) is 7.15. The van der Waals surface area contributed by atoms with Gasteiger partial charge in [0.25, 0.3) is 0 Å². The molecule has 0 aromatic rings. The minimum absolute atomic E-state index is 0.0282. The first-order chi connectivity index (χ1) is 18.4. The summed E-state index contributed by atoms with van der Waals surface area (Å²) in [6.07, 6.45) is 9.32. The molecule has 3 rings (SSSR count). The third-order valence-corrected chi connectivity index (χ3v) is 8.62. The Bertz CT molecular complexity index is 1160. The molecule has 0 bridgehead atoms. The fourth-order valence-corrected chi connectivity index (χ4v) is 6.49. The number of nitrogens with zero attached hydrogens (tertiary/aromatic N) is 1. The number of nitrogens with one attached hydrogen (secondary N) is 1. The third kappa shape index (κ3) is 9.24. The number of methoxy groups -OCH3 is 1. The van der Waals surface area contributed by atoms with Crippen LogP contribution in [0.15, 0.2) is 29.1 Å². The number of sulfonamides is 1. The van der Waals surface area contributed by atoms with Gasteiger partial charge in [0, 0.05) is 25.1 Å². The molecular formula is C29H44N2O7S. The molecule has 1 amide bonds. The number of likely N-dealkylation sites (tertiary alicyclic amines) is 1. The van der Waals surface area contributed by atoms with E-state index in [9.17, 15) is 18.0 Å². The molecule has 9 nitrogen and oxygen atoms in total. The van der Waals surface area contributed by atoms with Gasteiger partial charge in [-0.05, 0) is 88.0 Å². The summed E-state index contributed by atoms with van der Waals surface area (Å²) in [4.78, 5) is 26.6. The molecule has 0 radical (unpaired) electrons. The number of fused-ring (bicyclic) bond motifs is 1. The van der Waals surface area contributed by atoms with Crippen molar-refractivity contribution in [3.63, 3.8) is 0 Å². The van der Waals surface area contributed by atoms with E-state index in [2.05, 4.69) is 10.8 Å². The molecule has 1 aliphatic carbocycles. The number of carbonyl (C=O) groups is 2. The number of carbonyl (C=O) groups excluding carboxylic acids is 2. The van der Waals surface area contributed by atoms with E-state index in [0.717, 1.165) is 60.8 Å². The van der Waals surface area contributed by atoms with E-state index in [1.807, 2.05) is 33.8 Å². The van der Waals surface area contributed by atoms with Gasteiger partial charge in [-0.15, -0.1) is 0 Å². The smallest absolute Gasteiger partial charge is 0.410 e. The average molecular weight is 565 g/mol. The second-order valence-corrected chi connectivity index (χ2v) is 13.3. The summed E-state index contributed by atoms with van der Waals surface area (Å²) in [5.41, 5.74) is 3.44. The normalized spacial score (nSPS) is 15.9. The van der Waals surface area contributed by atoms with Gasteiger partial charge < -0.3 is 18.8 Å². The molecule has 0 aromatic heterocycles. The van der Waals surface area contributed by atoms with Crippen LogP contribution in [0, 0.1) is 5.92 Å². The zero-order chi connectivity index (χ0) is 28.6. The van der Waals surface area contributed by atoms with Crippen molar-refractivity contribution in [2.45, 2.75) is 90.7 Å². The van der Waals surface area contributed by atoms with Gasteiger partial charge in [0.15, 0.2) is 0 Å². The molecule has 1 N–H and O–H groups in total. The van der Waals surface area contributed by atoms with Crippen molar-refractivity contribution in [1.82, 2.24) is 9.62 Å². The number of ether oxygens (including phenoxy) is 2. The van der Waals surface area contributed by atoms with Crippen LogP contribution >= 0.6 is 0 Å². The number of aryl methyl sites for hydroxylation is 1. The van der Waals surface area contributed by atoms with Crippen molar-refractivity contribution >= 4 is 22.1 Å². The minimum Gasteiger partial charge on any atom is -0.472 e. The molecule has 1 saturated heterocycles. The molecule has 1 atom stereocenters. The number of esters is 1. The summed E-state index contributed by atoms with van der Waals surface area (Å²) < 4.78 is 43.5. The number of hydrogen-bond donors (Lipinski definition) is 1. The lowest BCUT2D eigenvalue weighted by Crippen LogP contribution is -2.43. The van der Waals surface area contributed by atoms with Crippen molar-refractivity contribution < 1.29 is 31.9 Å². The molecule has 0 unspecified atom stereocenters. The summed E-state index contributed by atoms with van der Waals surface area (Å²) in [5.74, 6) is -0.0841. The Hall–Kier alpha value is -2.59. The fourth-order valence-electron chi connectivity index (χ4n) is 5.10. The van der Waals surface area contributed by atoms with Crippen LogP contribution in [-0.2, 0) is 37.1 Å². The number of unbranched alkanes of at least 4 members (excludes halogenated alkanes) is 1. The Morgan fingerprint density at radius 3 is 2.51 bits per heavy atom. The van der Waals surface area contributed by atoms with Gasteiger partial charge in [-0.3, -0.25) is 4.79 Å². The van der Waals surface area contributed by atoms with Gasteiger partial charge in [0.05, 0.1) is 25.4 Å². The van der Waals surface area contributed by atoms with Gasteiger partial charge in [-0.1, -0.05) is 19.4 Å². The van der Waals surface area contributed by atoms with Gasteiger partial charge >= 0.3 is 12.1 Å². The predicted molar refractivity (Wildman–Crippen MR) is 150 cm³/mol. The van der Waals surface area contributed by atoms with Gasteiger partial charge in [0.1, 0.15) is 11.6 Å². The van der Waals surface area contributed by atoms with Crippen LogP contribution in [0.5, 0.6) is 0 Å². The maximum atomic E-state index is 12.5. The SMILES string of the molecule is CCCCS(=O)(=O)N[C@@H](Cc1cc(CCCC2CCN(C(=O)OC(C)(C)C)CC2)c2coccc1-2)C(=O)OC. The first-order valence-electron chi connectivity index (χ1n) is 13.9. The average Bonchev–Trinajstić information content (AvgIpc) is 3.23. The van der Waals surface area contributed by atoms with Crippen LogP contribution in [0.3, 0.4) is 0 Å². The van der Waals surface area contributed by atoms with Crippen LogP contribution in [0.2, 0.25) is 0 Å². The van der Waals surface area contributed by atoms with Crippen molar-refractivity contribution in [3.8, 4) is 11.1 Å². The quantitative estimate of drug-likeness (QED) is 0.354. The van der Waals surface area contributed by atoms with Gasteiger partial charge in [-0.25, -0.2) is 17.9 Å². The Morgan fingerprint density at radius 2 is 1.87 bits per heavy atom. The molecule has 39 heavy (non-hydrogen) atoms. The zero-order valence-electron chi connectivity index (χ0n) is 24.0. The first-order valence-corrected chi connectivity index (χ1v) is 15.6. The van der Waals surface area contributed by atoms with Crippen LogP contribution in [0.4, 0.5) is 4.79 Å². The van der Waals surface area contributed by atoms with E-state index >= 15 is 0 Å². The van der Waals surface area contributed by atoms with E-state index in [0.29, 0.717) is 25.4 Å². The molecule has 1 fully saturated rings. The van der Waals surface area contributed by atoms with E-state index in [-0.39, 0.29) is 18.3 Å². The summed E-state index contributed by atoms with van der Waals surface area (Å²) in [7, 11) is -2.35. The minimum atomic E-state index is -3.61. The van der Waals surface area contributed by atoms with Crippen LogP contribution in [0.25, 0.3) is 11.1 Å². The second-order valence-electron chi connectivity index (χ2n) is 11.5. The Morgan fingerprint density at radius 1 is 1.15 bits per heavy atom. The van der Waals surface area contributed by atoms with Gasteiger partial charge in [0.2, 0.25) is 10.0 Å². The summed E-state index contributed by atoms with van der Waals surface area (Å²) in [6.45, 7) is 8.99. The standard InChI is InChI=1S/C29H44N2O7S/c1-6-7-17-39(34,35)30-26(27(32)36-5)19-23-18-22(25-20-37-16-13-24(23)25)10-8-9-21-11-14-31(15-12-21)28(33)38-29(2,3)4/h13,16,18,20-21,26,30H,6-12,14-15,17,19H2,1-5H3/t26-/m0/s1. The predicted octanol–water partition coefficient (Wildman–Crippen LogP) is 5.16. The van der Waals surface area contributed by atoms with Crippen LogP contribution in [-0.4, -0.2) is 63.0 Å². The lowest BCUT2D eigenvalue weighted by molar-refractivity contribution is -0.142. The largest absolute Gasteiger partial charge is 0.472 e. The lowest BCUT2D eigenvalue weighted by atomic mass is 9.91. The number of amides is 1. The number of piperidine rings is 1. The van der Waals surface area contributed by atoms with E-state index in [4.69, 9.17) is 13.9 Å². The molecule has 218 valence electrons. The maximum Gasteiger partial charge on any atom is 0.410 e. The topological polar surface area (TPSA) is 115 Å². The van der Waals surface area contributed by atoms with Crippen molar-refractivity contribution in [2.75, 3.05) is 26.0 Å². The summed E-state index contributed by atoms with van der Waals surface area (Å²) in [5, 5.41) is 0. The Labute approximate surface area is 233 Å². The molecule has 0 spiro atoms. The van der Waals surface area contributed by atoms with Crippen LogP contribution in [0.1, 0.15) is 77.3 Å². The molecule has 0 saturated carbocycles. The molecule has 2 heterocycles. The highest BCUT2D eigenvalue weighted by Crippen LogP contribution is 2.35. The zero-order valence-corrected chi connectivity index (χ0v) is 24.8. The molecule has 2 aliphatic heterocycles. The van der Waals surface area contributed by atoms with E-state index in [1.54, 1.807) is 17.4 Å². The van der Waals surface area contributed by atoms with Gasteiger partial charge in [-0.2, -0.15) is 0 Å². The highest BCUT2D eigenvalue weighted by Gasteiger charge is 2.29. The van der Waals surface area contributed by atoms with E-state index < -0.39 is 27.6 Å². The number of hydrogen-bond acceptors (Lipinski definition) is 7. The maximum absolute atomic E-state index is 12.5. The Kier molecular flexibility index (Phi) is 10.8. The highest BCUT2D eigenvalue weighted by molar-refractivity contribution is 7.89. The highest BCUT2D eigenvalue weighted by atomic mass is 32.2. The summed E-state index contributed by atoms with van der Waals surface area (Å²) in [6, 6.07) is 2.92. The monoisotopic (exact) mass is 564 g/mol. The Balaban J connectivity index is 1.61. The van der Waals surface area contributed by atoms with Crippen LogP contribution < -0.4 is 4.72 Å². The van der Waals surface area contributed by atoms with Crippen molar-refractivity contribution in [1.29, 1.82) is 0 Å². The fraction of sp³-hybridized carbons (Fsp3) is 0.655. The van der Waals surface area contributed by atoms with Crippen molar-refractivity contribution in [2.24, 2.45) is 5.92 Å². The van der Waals surface area contributed by atoms with Crippen molar-refractivity contribution in [3.05, 3.63) is 35.8 Å². The lowest BCUT2D eigenvalue weighted by Gasteiger charge is -2.33. The molecule has 3 aliphatic rings. The molecular weight excluding hydrogens is 520 g/mol. The summed E-state index contributed by atoms with van der Waals surface area (Å²) >= 11 is 0. The molecule has 0 aromatic carbocycles. The number of rotatable bonds is 12.